The van der Waals surface area contributed by atoms with E-state index in [0.29, 0.717) is 0 Å². The molecule has 2 aromatic rings. The number of benzene rings is 1. The van der Waals surface area contributed by atoms with Gasteiger partial charge in [-0.1, -0.05) is 0 Å². The molecule has 3 nitrogen and oxygen atoms in total. The lowest BCUT2D eigenvalue weighted by Crippen LogP contribution is -2.17. The summed E-state index contributed by atoms with van der Waals surface area (Å²) in [7, 11) is 0. The molecular weight excluding hydrogens is 266 g/mol. The van der Waals surface area contributed by atoms with Crippen molar-refractivity contribution in [3.63, 3.8) is 0 Å². The van der Waals surface area contributed by atoms with Gasteiger partial charge in [-0.2, -0.15) is 0 Å². The van der Waals surface area contributed by atoms with Crippen LogP contribution in [-0.2, 0) is 0 Å². The van der Waals surface area contributed by atoms with Crippen LogP contribution in [0.25, 0.3) is 11.1 Å². The van der Waals surface area contributed by atoms with E-state index < -0.39 is 17.9 Å². The molecule has 0 saturated carbocycles. The standard InChI is InChI=1S/C12H7F4NO2/c13-10-6-17-4-3-8(10)9-5-7(1-2-11(9)18)19-12(14,15)16/h1-6,18H. The lowest BCUT2D eigenvalue weighted by Gasteiger charge is -2.11. The van der Waals surface area contributed by atoms with Crippen molar-refractivity contribution in [2.45, 2.75) is 6.36 Å². The summed E-state index contributed by atoms with van der Waals surface area (Å²) in [5.74, 6) is -1.67. The van der Waals surface area contributed by atoms with Crippen LogP contribution in [0.4, 0.5) is 17.6 Å². The number of aromatic nitrogens is 1. The Morgan fingerprint density at radius 1 is 1.11 bits per heavy atom. The average molecular weight is 273 g/mol. The summed E-state index contributed by atoms with van der Waals surface area (Å²) in [5.41, 5.74) is -0.179. The van der Waals surface area contributed by atoms with Gasteiger partial charge < -0.3 is 9.84 Å². The maximum Gasteiger partial charge on any atom is 0.573 e. The second-order valence-corrected chi connectivity index (χ2v) is 3.58. The van der Waals surface area contributed by atoms with Crippen molar-refractivity contribution in [2.75, 3.05) is 0 Å². The maximum atomic E-state index is 13.5. The molecular formula is C12H7F4NO2. The molecule has 100 valence electrons. The minimum atomic E-state index is -4.86. The molecule has 0 spiro atoms. The maximum absolute atomic E-state index is 13.5. The predicted molar refractivity (Wildman–Crippen MR) is 58.0 cm³/mol. The van der Waals surface area contributed by atoms with Crippen LogP contribution in [0, 0.1) is 5.82 Å². The molecule has 0 aliphatic heterocycles. The minimum Gasteiger partial charge on any atom is -0.507 e. The Hall–Kier alpha value is -2.31. The first-order valence-electron chi connectivity index (χ1n) is 5.05. The van der Waals surface area contributed by atoms with Gasteiger partial charge in [-0.25, -0.2) is 4.39 Å². The zero-order valence-electron chi connectivity index (χ0n) is 9.28. The first-order valence-corrected chi connectivity index (χ1v) is 5.05. The van der Waals surface area contributed by atoms with Crippen LogP contribution in [0.2, 0.25) is 0 Å². The fraction of sp³-hybridized carbons (Fsp3) is 0.0833. The summed E-state index contributed by atoms with van der Waals surface area (Å²) in [4.78, 5) is 3.51. The van der Waals surface area contributed by atoms with Crippen molar-refractivity contribution in [3.05, 3.63) is 42.5 Å². The molecule has 7 heteroatoms. The number of ether oxygens (including phenoxy) is 1. The van der Waals surface area contributed by atoms with E-state index in [1.807, 2.05) is 0 Å². The third kappa shape index (κ3) is 3.12. The third-order valence-electron chi connectivity index (χ3n) is 2.26. The van der Waals surface area contributed by atoms with Crippen LogP contribution in [0.15, 0.2) is 36.7 Å². The summed E-state index contributed by atoms with van der Waals surface area (Å²) in [5, 5.41) is 9.59. The minimum absolute atomic E-state index is 0.0693. The van der Waals surface area contributed by atoms with Crippen LogP contribution in [0.1, 0.15) is 0 Å². The molecule has 0 atom stereocenters. The molecule has 2 rings (SSSR count). The first-order chi connectivity index (χ1) is 8.87. The predicted octanol–water partition coefficient (Wildman–Crippen LogP) is 3.49. The summed E-state index contributed by atoms with van der Waals surface area (Å²) in [6.45, 7) is 0. The largest absolute Gasteiger partial charge is 0.573 e. The van der Waals surface area contributed by atoms with Gasteiger partial charge in [-0.15, -0.1) is 13.2 Å². The zero-order valence-corrected chi connectivity index (χ0v) is 9.28. The molecule has 0 aliphatic carbocycles. The summed E-state index contributed by atoms with van der Waals surface area (Å²) in [6, 6.07) is 4.07. The van der Waals surface area contributed by atoms with Gasteiger partial charge in [0.05, 0.1) is 6.20 Å². The van der Waals surface area contributed by atoms with Gasteiger partial charge in [-0.05, 0) is 24.3 Å². The Morgan fingerprint density at radius 3 is 2.47 bits per heavy atom. The summed E-state index contributed by atoms with van der Waals surface area (Å²) >= 11 is 0. The number of aromatic hydroxyl groups is 1. The quantitative estimate of drug-likeness (QED) is 0.851. The highest BCUT2D eigenvalue weighted by molar-refractivity contribution is 5.71. The smallest absolute Gasteiger partial charge is 0.507 e. The average Bonchev–Trinajstić information content (AvgIpc) is 2.31. The number of halogens is 4. The molecule has 1 aromatic carbocycles. The molecule has 1 N–H and O–H groups in total. The van der Waals surface area contributed by atoms with E-state index in [1.165, 1.54) is 12.3 Å². The van der Waals surface area contributed by atoms with Crippen molar-refractivity contribution in [1.82, 2.24) is 4.98 Å². The molecule has 0 fully saturated rings. The van der Waals surface area contributed by atoms with Crippen LogP contribution in [0.5, 0.6) is 11.5 Å². The third-order valence-corrected chi connectivity index (χ3v) is 2.26. The van der Waals surface area contributed by atoms with Gasteiger partial charge in [-0.3, -0.25) is 4.98 Å². The molecule has 0 saturated heterocycles. The fourth-order valence-electron chi connectivity index (χ4n) is 1.52. The van der Waals surface area contributed by atoms with E-state index in [0.717, 1.165) is 24.4 Å². The number of pyridine rings is 1. The van der Waals surface area contributed by atoms with Gasteiger partial charge in [0.15, 0.2) is 0 Å². The van der Waals surface area contributed by atoms with Crippen molar-refractivity contribution in [2.24, 2.45) is 0 Å². The molecule has 1 heterocycles. The number of alkyl halides is 3. The Kier molecular flexibility index (Phi) is 3.28. The Bertz CT molecular complexity index is 599. The van der Waals surface area contributed by atoms with E-state index in [-0.39, 0.29) is 16.9 Å². The highest BCUT2D eigenvalue weighted by Crippen LogP contribution is 2.35. The molecule has 0 amide bonds. The molecule has 0 bridgehead atoms. The molecule has 19 heavy (non-hydrogen) atoms. The van der Waals surface area contributed by atoms with E-state index in [4.69, 9.17) is 0 Å². The number of rotatable bonds is 2. The van der Waals surface area contributed by atoms with Crippen molar-refractivity contribution in [3.8, 4) is 22.6 Å². The highest BCUT2D eigenvalue weighted by Gasteiger charge is 2.31. The Morgan fingerprint density at radius 2 is 1.84 bits per heavy atom. The Labute approximate surface area is 105 Å². The number of phenolic OH excluding ortho intramolecular Hbond substituents is 1. The van der Waals surface area contributed by atoms with Gasteiger partial charge in [0.25, 0.3) is 0 Å². The second-order valence-electron chi connectivity index (χ2n) is 3.58. The van der Waals surface area contributed by atoms with Crippen molar-refractivity contribution >= 4 is 0 Å². The number of hydrogen-bond acceptors (Lipinski definition) is 3. The molecule has 0 radical (unpaired) electrons. The fourth-order valence-corrected chi connectivity index (χ4v) is 1.52. The van der Waals surface area contributed by atoms with Gasteiger partial charge in [0, 0.05) is 17.3 Å². The van der Waals surface area contributed by atoms with Gasteiger partial charge in [0.1, 0.15) is 17.3 Å². The zero-order chi connectivity index (χ0) is 14.0. The first kappa shape index (κ1) is 13.1. The molecule has 0 aliphatic rings. The van der Waals surface area contributed by atoms with Gasteiger partial charge in [0.2, 0.25) is 0 Å². The lowest BCUT2D eigenvalue weighted by atomic mass is 10.1. The highest BCUT2D eigenvalue weighted by atomic mass is 19.4. The summed E-state index contributed by atoms with van der Waals surface area (Å²) in [6.07, 6.45) is -2.70. The topological polar surface area (TPSA) is 42.4 Å². The molecule has 0 unspecified atom stereocenters. The number of hydrogen-bond donors (Lipinski definition) is 1. The van der Waals surface area contributed by atoms with Crippen molar-refractivity contribution in [1.29, 1.82) is 0 Å². The van der Waals surface area contributed by atoms with E-state index in [9.17, 15) is 22.7 Å². The van der Waals surface area contributed by atoms with Crippen LogP contribution >= 0.6 is 0 Å². The van der Waals surface area contributed by atoms with Crippen molar-refractivity contribution < 1.29 is 27.4 Å². The lowest BCUT2D eigenvalue weighted by molar-refractivity contribution is -0.274. The SMILES string of the molecule is Oc1ccc(OC(F)(F)F)cc1-c1ccncc1F. The summed E-state index contributed by atoms with van der Waals surface area (Å²) < 4.78 is 53.5. The normalized spacial score (nSPS) is 11.4. The number of phenols is 1. The van der Waals surface area contributed by atoms with E-state index >= 15 is 0 Å². The molecule has 1 aromatic heterocycles. The van der Waals surface area contributed by atoms with Crippen LogP contribution in [-0.4, -0.2) is 16.5 Å². The monoisotopic (exact) mass is 273 g/mol. The van der Waals surface area contributed by atoms with Crippen LogP contribution in [0.3, 0.4) is 0 Å². The van der Waals surface area contributed by atoms with E-state index in [1.54, 1.807) is 0 Å². The van der Waals surface area contributed by atoms with Gasteiger partial charge >= 0.3 is 6.36 Å². The van der Waals surface area contributed by atoms with Crippen LogP contribution < -0.4 is 4.74 Å². The number of nitrogens with zero attached hydrogens (tertiary/aromatic N) is 1. The second kappa shape index (κ2) is 4.75. The van der Waals surface area contributed by atoms with E-state index in [2.05, 4.69) is 9.72 Å². The Balaban J connectivity index is 2.46.